The predicted molar refractivity (Wildman–Crippen MR) is 61.3 cm³/mol. The number of hydrogen-bond donors (Lipinski definition) is 0. The van der Waals surface area contributed by atoms with Crippen LogP contribution >= 0.6 is 11.6 Å². The van der Waals surface area contributed by atoms with E-state index in [0.717, 1.165) is 18.8 Å². The largest absolute Gasteiger partial charge is 0.371 e. The highest BCUT2D eigenvalue weighted by molar-refractivity contribution is 6.33. The molecule has 0 N–H and O–H groups in total. The van der Waals surface area contributed by atoms with Crippen LogP contribution < -0.4 is 4.90 Å². The number of anilines is 1. The number of benzene rings is 1. The van der Waals surface area contributed by atoms with E-state index < -0.39 is 0 Å². The second kappa shape index (κ2) is 4.88. The SMILES string of the molecule is [C-]#[N+]c1ccc(N(CC)CC)c(Cl)c1. The van der Waals surface area contributed by atoms with Gasteiger partial charge in [0.15, 0.2) is 5.69 Å². The Kier molecular flexibility index (Phi) is 3.79. The van der Waals surface area contributed by atoms with Crippen molar-refractivity contribution in [2.24, 2.45) is 0 Å². The van der Waals surface area contributed by atoms with Gasteiger partial charge in [0.25, 0.3) is 0 Å². The molecule has 0 aliphatic rings. The van der Waals surface area contributed by atoms with Crippen LogP contribution in [0.4, 0.5) is 11.4 Å². The first kappa shape index (κ1) is 10.9. The summed E-state index contributed by atoms with van der Waals surface area (Å²) in [5, 5.41) is 0.655. The predicted octanol–water partition coefficient (Wildman–Crippen LogP) is 3.74. The third-order valence-corrected chi connectivity index (χ3v) is 2.47. The van der Waals surface area contributed by atoms with Crippen molar-refractivity contribution in [3.05, 3.63) is 34.6 Å². The topological polar surface area (TPSA) is 7.60 Å². The second-order valence-corrected chi connectivity index (χ2v) is 3.33. The Hall–Kier alpha value is -1.20. The van der Waals surface area contributed by atoms with Gasteiger partial charge >= 0.3 is 0 Å². The van der Waals surface area contributed by atoms with Gasteiger partial charge in [0, 0.05) is 13.1 Å². The van der Waals surface area contributed by atoms with Crippen LogP contribution in [-0.2, 0) is 0 Å². The molecule has 1 aromatic carbocycles. The van der Waals surface area contributed by atoms with E-state index in [1.165, 1.54) is 0 Å². The summed E-state index contributed by atoms with van der Waals surface area (Å²) in [5.74, 6) is 0. The van der Waals surface area contributed by atoms with Crippen LogP contribution in [0, 0.1) is 6.57 Å². The quantitative estimate of drug-likeness (QED) is 0.687. The highest BCUT2D eigenvalue weighted by Crippen LogP contribution is 2.29. The molecule has 0 aliphatic heterocycles. The first-order valence-corrected chi connectivity index (χ1v) is 5.02. The molecule has 0 aromatic heterocycles. The minimum atomic E-state index is 0.589. The lowest BCUT2D eigenvalue weighted by molar-refractivity contribution is 0.867. The van der Waals surface area contributed by atoms with E-state index in [0.29, 0.717) is 10.7 Å². The third kappa shape index (κ3) is 2.18. The van der Waals surface area contributed by atoms with Crippen LogP contribution in [0.15, 0.2) is 18.2 Å². The van der Waals surface area contributed by atoms with Gasteiger partial charge in [0.05, 0.1) is 17.3 Å². The molecule has 0 saturated carbocycles. The van der Waals surface area contributed by atoms with E-state index in [1.54, 1.807) is 12.1 Å². The molecule has 0 fully saturated rings. The van der Waals surface area contributed by atoms with Crippen LogP contribution in [0.25, 0.3) is 4.85 Å². The number of hydrogen-bond acceptors (Lipinski definition) is 1. The molecule has 0 saturated heterocycles. The van der Waals surface area contributed by atoms with Gasteiger partial charge in [-0.3, -0.25) is 0 Å². The maximum absolute atomic E-state index is 6.86. The van der Waals surface area contributed by atoms with Gasteiger partial charge in [-0.2, -0.15) is 0 Å². The van der Waals surface area contributed by atoms with Gasteiger partial charge in [-0.25, -0.2) is 4.85 Å². The van der Waals surface area contributed by atoms with Gasteiger partial charge in [-0.1, -0.05) is 17.7 Å². The van der Waals surface area contributed by atoms with Gasteiger partial charge in [-0.15, -0.1) is 0 Å². The molecule has 0 bridgehead atoms. The molecule has 1 aromatic rings. The Labute approximate surface area is 89.9 Å². The van der Waals surface area contributed by atoms with E-state index in [-0.39, 0.29) is 0 Å². The second-order valence-electron chi connectivity index (χ2n) is 2.92. The van der Waals surface area contributed by atoms with Gasteiger partial charge in [0.2, 0.25) is 0 Å². The number of halogens is 1. The molecule has 0 amide bonds. The fourth-order valence-electron chi connectivity index (χ4n) is 1.39. The zero-order chi connectivity index (χ0) is 10.6. The van der Waals surface area contributed by atoms with Crippen molar-refractivity contribution >= 4 is 23.0 Å². The highest BCUT2D eigenvalue weighted by atomic mass is 35.5. The normalized spacial score (nSPS) is 9.57. The summed E-state index contributed by atoms with van der Waals surface area (Å²) in [6.07, 6.45) is 0. The molecule has 74 valence electrons. The van der Waals surface area contributed by atoms with Crippen LogP contribution in [0.5, 0.6) is 0 Å². The monoisotopic (exact) mass is 208 g/mol. The summed E-state index contributed by atoms with van der Waals surface area (Å²) in [4.78, 5) is 5.49. The van der Waals surface area contributed by atoms with E-state index in [9.17, 15) is 0 Å². The average molecular weight is 209 g/mol. The first-order valence-electron chi connectivity index (χ1n) is 4.64. The molecule has 3 heteroatoms. The average Bonchev–Trinajstić information content (AvgIpc) is 2.22. The van der Waals surface area contributed by atoms with Gasteiger partial charge in [-0.05, 0) is 26.0 Å². The van der Waals surface area contributed by atoms with E-state index >= 15 is 0 Å². The van der Waals surface area contributed by atoms with Crippen molar-refractivity contribution in [3.63, 3.8) is 0 Å². The van der Waals surface area contributed by atoms with Crippen molar-refractivity contribution in [2.45, 2.75) is 13.8 Å². The molecule has 1 rings (SSSR count). The smallest absolute Gasteiger partial charge is 0.188 e. The Balaban J connectivity index is 3.05. The van der Waals surface area contributed by atoms with Crippen LogP contribution in [0.1, 0.15) is 13.8 Å². The molecule has 0 heterocycles. The van der Waals surface area contributed by atoms with Crippen LogP contribution in [0.3, 0.4) is 0 Å². The Bertz CT molecular complexity index is 351. The first-order chi connectivity index (χ1) is 6.72. The minimum Gasteiger partial charge on any atom is -0.371 e. The molecule has 2 nitrogen and oxygen atoms in total. The van der Waals surface area contributed by atoms with Crippen molar-refractivity contribution in [2.75, 3.05) is 18.0 Å². The standard InChI is InChI=1S/C11H13ClN2/c1-4-14(5-2)11-7-6-9(13-3)8-10(11)12/h6-8H,4-5H2,1-2H3. The van der Waals surface area contributed by atoms with Crippen molar-refractivity contribution < 1.29 is 0 Å². The number of rotatable bonds is 3. The molecule has 0 atom stereocenters. The maximum atomic E-state index is 6.86. The lowest BCUT2D eigenvalue weighted by Crippen LogP contribution is -2.21. The van der Waals surface area contributed by atoms with Crippen LogP contribution in [0.2, 0.25) is 5.02 Å². The minimum absolute atomic E-state index is 0.589. The number of nitrogens with zero attached hydrogens (tertiary/aromatic N) is 2. The van der Waals surface area contributed by atoms with Gasteiger partial charge in [0.1, 0.15) is 0 Å². The molecular formula is C11H13ClN2. The summed E-state index contributed by atoms with van der Waals surface area (Å²) >= 11 is 6.08. The van der Waals surface area contributed by atoms with E-state index in [1.807, 2.05) is 6.07 Å². The molecule has 14 heavy (non-hydrogen) atoms. The van der Waals surface area contributed by atoms with Crippen LogP contribution in [-0.4, -0.2) is 13.1 Å². The third-order valence-electron chi connectivity index (χ3n) is 2.16. The zero-order valence-electron chi connectivity index (χ0n) is 8.42. The molecule has 0 spiro atoms. The molecule has 0 radical (unpaired) electrons. The Morgan fingerprint density at radius 1 is 1.36 bits per heavy atom. The Morgan fingerprint density at radius 2 is 2.00 bits per heavy atom. The summed E-state index contributed by atoms with van der Waals surface area (Å²) < 4.78 is 0. The summed E-state index contributed by atoms with van der Waals surface area (Å²) in [7, 11) is 0. The van der Waals surface area contributed by atoms with Crippen molar-refractivity contribution in [1.82, 2.24) is 0 Å². The molecule has 0 aliphatic carbocycles. The fraction of sp³-hybridized carbons (Fsp3) is 0.364. The van der Waals surface area contributed by atoms with Gasteiger partial charge < -0.3 is 4.90 Å². The van der Waals surface area contributed by atoms with E-state index in [2.05, 4.69) is 23.6 Å². The lowest BCUT2D eigenvalue weighted by atomic mass is 10.2. The summed E-state index contributed by atoms with van der Waals surface area (Å²) in [5.41, 5.74) is 1.59. The van der Waals surface area contributed by atoms with Crippen molar-refractivity contribution in [3.8, 4) is 0 Å². The summed E-state index contributed by atoms with van der Waals surface area (Å²) in [6.45, 7) is 12.9. The lowest BCUT2D eigenvalue weighted by Gasteiger charge is -2.22. The zero-order valence-corrected chi connectivity index (χ0v) is 9.17. The maximum Gasteiger partial charge on any atom is 0.188 e. The molecule has 0 unspecified atom stereocenters. The molecular weight excluding hydrogens is 196 g/mol. The Morgan fingerprint density at radius 3 is 2.43 bits per heavy atom. The highest BCUT2D eigenvalue weighted by Gasteiger charge is 2.06. The van der Waals surface area contributed by atoms with Crippen molar-refractivity contribution in [1.29, 1.82) is 0 Å². The fourth-order valence-corrected chi connectivity index (χ4v) is 1.68. The summed E-state index contributed by atoms with van der Waals surface area (Å²) in [6, 6.07) is 5.41. The van der Waals surface area contributed by atoms with E-state index in [4.69, 9.17) is 18.2 Å².